The average molecular weight is 414 g/mol. The molecule has 0 spiro atoms. The minimum absolute atomic E-state index is 0.157. The zero-order chi connectivity index (χ0) is 18.5. The Bertz CT molecular complexity index is 946. The van der Waals surface area contributed by atoms with E-state index in [0.717, 1.165) is 23.6 Å². The lowest BCUT2D eigenvalue weighted by atomic mass is 10.5. The van der Waals surface area contributed by atoms with Crippen LogP contribution in [0, 0.1) is 0 Å². The molecule has 0 saturated carbocycles. The molecule has 0 saturated heterocycles. The SMILES string of the molecule is CCOOSc1nsc(N=Nc2c(O)n(CC)n(-c3cccs3)c2=O)n1. The fourth-order valence-corrected chi connectivity index (χ4v) is 3.74. The van der Waals surface area contributed by atoms with Crippen LogP contribution in [0.5, 0.6) is 5.88 Å². The smallest absolute Gasteiger partial charge is 0.304 e. The standard InChI is InChI=1S/C13H14N6O4S3/c1-3-18-10(20)9(11(21)19(18)8-6-5-7-24-8)15-16-12-14-13(17-25-12)26-23-22-4-2/h5-7,20H,3-4H2,1-2H3. The average Bonchev–Trinajstić information content (AvgIpc) is 3.35. The van der Waals surface area contributed by atoms with Crippen molar-refractivity contribution in [2.45, 2.75) is 25.5 Å². The summed E-state index contributed by atoms with van der Waals surface area (Å²) in [6.07, 6.45) is 0. The van der Waals surface area contributed by atoms with Gasteiger partial charge in [0.2, 0.25) is 21.9 Å². The Kier molecular flexibility index (Phi) is 6.16. The minimum atomic E-state index is -0.464. The molecule has 0 atom stereocenters. The second-order valence-corrected chi connectivity index (χ2v) is 6.90. The molecule has 3 aromatic rings. The molecule has 0 aliphatic rings. The molecule has 0 unspecified atom stereocenters. The zero-order valence-corrected chi connectivity index (χ0v) is 16.2. The summed E-state index contributed by atoms with van der Waals surface area (Å²) in [4.78, 5) is 21.4. The van der Waals surface area contributed by atoms with Crippen molar-refractivity contribution in [3.05, 3.63) is 27.9 Å². The highest BCUT2D eigenvalue weighted by atomic mass is 32.2. The maximum atomic E-state index is 12.6. The molecule has 3 heterocycles. The van der Waals surface area contributed by atoms with Crippen molar-refractivity contribution in [1.29, 1.82) is 0 Å². The van der Waals surface area contributed by atoms with Crippen molar-refractivity contribution in [3.8, 4) is 10.9 Å². The van der Waals surface area contributed by atoms with E-state index < -0.39 is 5.56 Å². The molecule has 26 heavy (non-hydrogen) atoms. The molecule has 138 valence electrons. The van der Waals surface area contributed by atoms with Gasteiger partial charge in [-0.25, -0.2) is 14.3 Å². The van der Waals surface area contributed by atoms with Crippen molar-refractivity contribution in [2.24, 2.45) is 10.2 Å². The summed E-state index contributed by atoms with van der Waals surface area (Å²) >= 11 is 3.21. The van der Waals surface area contributed by atoms with Gasteiger partial charge in [-0.15, -0.1) is 21.6 Å². The van der Waals surface area contributed by atoms with Gasteiger partial charge in [0.1, 0.15) is 17.0 Å². The Morgan fingerprint density at radius 3 is 2.92 bits per heavy atom. The molecule has 3 rings (SSSR count). The highest BCUT2D eigenvalue weighted by Gasteiger charge is 2.20. The van der Waals surface area contributed by atoms with E-state index >= 15 is 0 Å². The summed E-state index contributed by atoms with van der Waals surface area (Å²) in [5.41, 5.74) is -0.621. The lowest BCUT2D eigenvalue weighted by molar-refractivity contribution is -0.185. The first kappa shape index (κ1) is 18.7. The van der Waals surface area contributed by atoms with Crippen LogP contribution in [0.3, 0.4) is 0 Å². The molecule has 3 aromatic heterocycles. The van der Waals surface area contributed by atoms with Gasteiger partial charge in [0.05, 0.1) is 6.61 Å². The van der Waals surface area contributed by atoms with Crippen LogP contribution in [0.4, 0.5) is 10.8 Å². The fraction of sp³-hybridized carbons (Fsp3) is 0.308. The van der Waals surface area contributed by atoms with Gasteiger partial charge >= 0.3 is 5.56 Å². The molecule has 10 nitrogen and oxygen atoms in total. The Morgan fingerprint density at radius 1 is 1.38 bits per heavy atom. The topological polar surface area (TPSA) is 116 Å². The van der Waals surface area contributed by atoms with Gasteiger partial charge in [-0.1, -0.05) is 0 Å². The predicted octanol–water partition coefficient (Wildman–Crippen LogP) is 3.67. The molecule has 0 radical (unpaired) electrons. The first-order valence-corrected chi connectivity index (χ1v) is 9.85. The third-order valence-electron chi connectivity index (χ3n) is 3.01. The van der Waals surface area contributed by atoms with E-state index in [1.807, 2.05) is 18.4 Å². The first-order chi connectivity index (χ1) is 12.7. The van der Waals surface area contributed by atoms with Crippen LogP contribution < -0.4 is 5.56 Å². The van der Waals surface area contributed by atoms with Crippen molar-refractivity contribution in [2.75, 3.05) is 6.61 Å². The largest absolute Gasteiger partial charge is 0.492 e. The molecule has 0 bridgehead atoms. The van der Waals surface area contributed by atoms with E-state index in [-0.39, 0.29) is 16.7 Å². The van der Waals surface area contributed by atoms with Crippen molar-refractivity contribution >= 4 is 45.7 Å². The Hall–Kier alpha value is -2.06. The minimum Gasteiger partial charge on any atom is -0.492 e. The van der Waals surface area contributed by atoms with E-state index in [0.29, 0.717) is 23.3 Å². The lowest BCUT2D eigenvalue weighted by Crippen LogP contribution is -2.19. The van der Waals surface area contributed by atoms with Gasteiger partial charge in [0, 0.05) is 18.1 Å². The fourth-order valence-electron chi connectivity index (χ4n) is 1.98. The van der Waals surface area contributed by atoms with Crippen LogP contribution in [0.2, 0.25) is 0 Å². The highest BCUT2D eigenvalue weighted by molar-refractivity contribution is 7.94. The van der Waals surface area contributed by atoms with Gasteiger partial charge in [0.15, 0.2) is 0 Å². The molecule has 1 N–H and O–H groups in total. The second-order valence-electron chi connectivity index (χ2n) is 4.57. The summed E-state index contributed by atoms with van der Waals surface area (Å²) in [5, 5.41) is 21.2. The predicted molar refractivity (Wildman–Crippen MR) is 97.9 cm³/mol. The van der Waals surface area contributed by atoms with Crippen LogP contribution in [0.1, 0.15) is 13.8 Å². The molecule has 13 heteroatoms. The number of aromatic nitrogens is 4. The molecule has 0 aliphatic carbocycles. The van der Waals surface area contributed by atoms with Gasteiger partial charge in [-0.2, -0.15) is 13.7 Å². The van der Waals surface area contributed by atoms with E-state index in [9.17, 15) is 9.90 Å². The molecule has 0 aliphatic heterocycles. The summed E-state index contributed by atoms with van der Waals surface area (Å²) in [6.45, 7) is 4.39. The molecular formula is C13H14N6O4S3. The molecule has 0 fully saturated rings. The third kappa shape index (κ3) is 3.86. The zero-order valence-electron chi connectivity index (χ0n) is 13.7. The summed E-state index contributed by atoms with van der Waals surface area (Å²) in [5.74, 6) is -0.256. The highest BCUT2D eigenvalue weighted by Crippen LogP contribution is 2.29. The number of aromatic hydroxyl groups is 1. The third-order valence-corrected chi connectivity index (χ3v) is 5.07. The Labute approximate surface area is 160 Å². The first-order valence-electron chi connectivity index (χ1n) is 7.46. The summed E-state index contributed by atoms with van der Waals surface area (Å²) < 4.78 is 11.6. The van der Waals surface area contributed by atoms with E-state index in [1.54, 1.807) is 13.0 Å². The maximum absolute atomic E-state index is 12.6. The molecule has 0 aromatic carbocycles. The number of azo groups is 1. The molecule has 0 amide bonds. The van der Waals surface area contributed by atoms with Gasteiger partial charge in [0.25, 0.3) is 0 Å². The van der Waals surface area contributed by atoms with Gasteiger partial charge in [-0.3, -0.25) is 4.79 Å². The maximum Gasteiger partial charge on any atom is 0.304 e. The van der Waals surface area contributed by atoms with Crippen molar-refractivity contribution in [1.82, 2.24) is 18.7 Å². The Balaban J connectivity index is 1.86. The van der Waals surface area contributed by atoms with Gasteiger partial charge in [-0.05, 0) is 31.4 Å². The number of rotatable bonds is 8. The van der Waals surface area contributed by atoms with E-state index in [2.05, 4.69) is 19.6 Å². The van der Waals surface area contributed by atoms with Crippen molar-refractivity contribution in [3.63, 3.8) is 0 Å². The summed E-state index contributed by atoms with van der Waals surface area (Å²) in [6, 6.07) is 3.60. The van der Waals surface area contributed by atoms with Crippen LogP contribution in [0.15, 0.2) is 37.7 Å². The Morgan fingerprint density at radius 2 is 2.23 bits per heavy atom. The van der Waals surface area contributed by atoms with Crippen molar-refractivity contribution < 1.29 is 14.3 Å². The van der Waals surface area contributed by atoms with E-state index in [4.69, 9.17) is 9.22 Å². The van der Waals surface area contributed by atoms with Gasteiger partial charge < -0.3 is 5.11 Å². The van der Waals surface area contributed by atoms with Crippen LogP contribution in [-0.2, 0) is 15.8 Å². The number of hydrogen-bond donors (Lipinski definition) is 1. The quantitative estimate of drug-likeness (QED) is 0.196. The normalized spacial score (nSPS) is 11.6. The monoisotopic (exact) mass is 414 g/mol. The summed E-state index contributed by atoms with van der Waals surface area (Å²) in [7, 11) is 0. The number of thiophene rings is 1. The van der Waals surface area contributed by atoms with Crippen LogP contribution in [0.25, 0.3) is 5.00 Å². The number of hydrogen-bond acceptors (Lipinski definition) is 11. The van der Waals surface area contributed by atoms with Crippen LogP contribution >= 0.6 is 34.9 Å². The van der Waals surface area contributed by atoms with E-state index in [1.165, 1.54) is 20.7 Å². The van der Waals surface area contributed by atoms with Crippen LogP contribution in [-0.4, -0.2) is 30.4 Å². The molecular weight excluding hydrogens is 400 g/mol. The lowest BCUT2D eigenvalue weighted by Gasteiger charge is -2.06. The second kappa shape index (κ2) is 8.55. The number of nitrogens with zero attached hydrogens (tertiary/aromatic N) is 6.